The standard InChI is InChI=1S/C18H18ClN3O2/c19-15-5-2-1-4-14(15)16-11-20-7-8-22(16)12-13-10-18(24-21-13)17-6-3-9-23-17/h1-6,9-10,16,20H,7-8,11-12H2. The molecule has 0 bridgehead atoms. The van der Waals surface area contributed by atoms with Gasteiger partial charge in [0, 0.05) is 43.3 Å². The summed E-state index contributed by atoms with van der Waals surface area (Å²) in [6, 6.07) is 13.9. The van der Waals surface area contributed by atoms with Gasteiger partial charge in [-0.15, -0.1) is 0 Å². The van der Waals surface area contributed by atoms with Gasteiger partial charge in [0.2, 0.25) is 5.76 Å². The molecule has 5 nitrogen and oxygen atoms in total. The second kappa shape index (κ2) is 6.81. The Morgan fingerprint density at radius 3 is 2.96 bits per heavy atom. The largest absolute Gasteiger partial charge is 0.461 e. The van der Waals surface area contributed by atoms with E-state index in [9.17, 15) is 0 Å². The molecule has 1 aliphatic rings. The maximum Gasteiger partial charge on any atom is 0.202 e. The van der Waals surface area contributed by atoms with Crippen LogP contribution in [-0.2, 0) is 6.54 Å². The third-order valence-corrected chi connectivity index (χ3v) is 4.65. The molecule has 0 amide bonds. The van der Waals surface area contributed by atoms with E-state index in [2.05, 4.69) is 21.4 Å². The number of hydrogen-bond donors (Lipinski definition) is 1. The Kier molecular flexibility index (Phi) is 4.38. The summed E-state index contributed by atoms with van der Waals surface area (Å²) in [6.07, 6.45) is 1.63. The minimum Gasteiger partial charge on any atom is -0.461 e. The van der Waals surface area contributed by atoms with E-state index in [0.29, 0.717) is 18.1 Å². The van der Waals surface area contributed by atoms with Crippen molar-refractivity contribution in [3.63, 3.8) is 0 Å². The predicted octanol–water partition coefficient (Wildman–Crippen LogP) is 3.73. The van der Waals surface area contributed by atoms with Gasteiger partial charge in [-0.05, 0) is 23.8 Å². The molecule has 3 aromatic rings. The van der Waals surface area contributed by atoms with Crippen molar-refractivity contribution >= 4 is 11.6 Å². The van der Waals surface area contributed by atoms with Gasteiger partial charge in [-0.3, -0.25) is 4.90 Å². The van der Waals surface area contributed by atoms with Gasteiger partial charge in [0.1, 0.15) is 0 Å². The number of rotatable bonds is 4. The van der Waals surface area contributed by atoms with Crippen molar-refractivity contribution in [3.05, 3.63) is 65.0 Å². The third kappa shape index (κ3) is 3.11. The van der Waals surface area contributed by atoms with E-state index in [1.807, 2.05) is 36.4 Å². The number of halogens is 1. The van der Waals surface area contributed by atoms with Gasteiger partial charge in [0.05, 0.1) is 12.0 Å². The molecule has 0 spiro atoms. The highest BCUT2D eigenvalue weighted by molar-refractivity contribution is 6.31. The van der Waals surface area contributed by atoms with Crippen LogP contribution in [0.3, 0.4) is 0 Å². The molecule has 1 fully saturated rings. The zero-order chi connectivity index (χ0) is 16.4. The maximum atomic E-state index is 6.40. The SMILES string of the molecule is Clc1ccccc1C1CNCCN1Cc1cc(-c2ccco2)on1. The van der Waals surface area contributed by atoms with Crippen molar-refractivity contribution in [2.45, 2.75) is 12.6 Å². The Labute approximate surface area is 145 Å². The van der Waals surface area contributed by atoms with Crippen LogP contribution in [0.5, 0.6) is 0 Å². The van der Waals surface area contributed by atoms with Gasteiger partial charge in [-0.2, -0.15) is 0 Å². The molecule has 1 N–H and O–H groups in total. The van der Waals surface area contributed by atoms with Crippen molar-refractivity contribution in [2.75, 3.05) is 19.6 Å². The Morgan fingerprint density at radius 1 is 1.21 bits per heavy atom. The van der Waals surface area contributed by atoms with Crippen LogP contribution in [0.4, 0.5) is 0 Å². The summed E-state index contributed by atoms with van der Waals surface area (Å²) in [4.78, 5) is 2.38. The Balaban J connectivity index is 1.55. The van der Waals surface area contributed by atoms with E-state index >= 15 is 0 Å². The van der Waals surface area contributed by atoms with Gasteiger partial charge >= 0.3 is 0 Å². The number of nitrogens with zero attached hydrogens (tertiary/aromatic N) is 2. The minimum absolute atomic E-state index is 0.219. The summed E-state index contributed by atoms with van der Waals surface area (Å²) in [6.45, 7) is 3.46. The lowest BCUT2D eigenvalue weighted by Crippen LogP contribution is -2.45. The van der Waals surface area contributed by atoms with Crippen LogP contribution in [0, 0.1) is 0 Å². The van der Waals surface area contributed by atoms with Crippen molar-refractivity contribution in [3.8, 4) is 11.5 Å². The summed E-state index contributed by atoms with van der Waals surface area (Å²) in [5.74, 6) is 1.34. The highest BCUT2D eigenvalue weighted by Crippen LogP contribution is 2.30. The molecule has 1 aromatic carbocycles. The number of nitrogens with one attached hydrogen (secondary N) is 1. The molecule has 0 saturated carbocycles. The maximum absolute atomic E-state index is 6.40. The monoisotopic (exact) mass is 343 g/mol. The van der Waals surface area contributed by atoms with E-state index in [4.69, 9.17) is 20.5 Å². The van der Waals surface area contributed by atoms with Gasteiger partial charge in [0.15, 0.2) is 5.76 Å². The quantitative estimate of drug-likeness (QED) is 0.782. The second-order valence-electron chi connectivity index (χ2n) is 5.87. The number of benzene rings is 1. The van der Waals surface area contributed by atoms with Crippen LogP contribution >= 0.6 is 11.6 Å². The van der Waals surface area contributed by atoms with Gasteiger partial charge in [-0.25, -0.2) is 0 Å². The molecule has 1 unspecified atom stereocenters. The summed E-state index contributed by atoms with van der Waals surface area (Å²) in [5, 5.41) is 8.43. The van der Waals surface area contributed by atoms with Crippen molar-refractivity contribution in [1.29, 1.82) is 0 Å². The summed E-state index contributed by atoms with van der Waals surface area (Å²) in [7, 11) is 0. The molecule has 1 atom stereocenters. The molecule has 124 valence electrons. The molecule has 24 heavy (non-hydrogen) atoms. The molecule has 1 aliphatic heterocycles. The summed E-state index contributed by atoms with van der Waals surface area (Å²) >= 11 is 6.40. The van der Waals surface area contributed by atoms with E-state index in [-0.39, 0.29) is 6.04 Å². The zero-order valence-corrected chi connectivity index (χ0v) is 13.9. The Bertz CT molecular complexity index is 800. The highest BCUT2D eigenvalue weighted by atomic mass is 35.5. The lowest BCUT2D eigenvalue weighted by molar-refractivity contribution is 0.150. The number of piperazine rings is 1. The molecular formula is C18H18ClN3O2. The molecule has 1 saturated heterocycles. The lowest BCUT2D eigenvalue weighted by atomic mass is 10.0. The van der Waals surface area contributed by atoms with Crippen LogP contribution in [-0.4, -0.2) is 29.7 Å². The van der Waals surface area contributed by atoms with Crippen molar-refractivity contribution in [1.82, 2.24) is 15.4 Å². The lowest BCUT2D eigenvalue weighted by Gasteiger charge is -2.36. The normalized spacial score (nSPS) is 18.8. The van der Waals surface area contributed by atoms with E-state index < -0.39 is 0 Å². The Hall–Kier alpha value is -2.08. The van der Waals surface area contributed by atoms with Crippen LogP contribution in [0.25, 0.3) is 11.5 Å². The van der Waals surface area contributed by atoms with Crippen molar-refractivity contribution in [2.24, 2.45) is 0 Å². The summed E-state index contributed by atoms with van der Waals surface area (Å²) in [5.41, 5.74) is 2.03. The molecule has 0 radical (unpaired) electrons. The number of furan rings is 1. The molecule has 0 aliphatic carbocycles. The van der Waals surface area contributed by atoms with E-state index in [1.165, 1.54) is 0 Å². The first kappa shape index (κ1) is 15.4. The van der Waals surface area contributed by atoms with Crippen LogP contribution in [0.2, 0.25) is 5.02 Å². The molecule has 2 aromatic heterocycles. The van der Waals surface area contributed by atoms with E-state index in [1.54, 1.807) is 6.26 Å². The molecular weight excluding hydrogens is 326 g/mol. The Morgan fingerprint density at radius 2 is 2.12 bits per heavy atom. The van der Waals surface area contributed by atoms with Crippen LogP contribution in [0.1, 0.15) is 17.3 Å². The zero-order valence-electron chi connectivity index (χ0n) is 13.1. The molecule has 6 heteroatoms. The second-order valence-corrected chi connectivity index (χ2v) is 6.28. The smallest absolute Gasteiger partial charge is 0.202 e. The van der Waals surface area contributed by atoms with Crippen LogP contribution < -0.4 is 5.32 Å². The minimum atomic E-state index is 0.219. The topological polar surface area (TPSA) is 54.4 Å². The summed E-state index contributed by atoms with van der Waals surface area (Å²) < 4.78 is 10.8. The van der Waals surface area contributed by atoms with Crippen LogP contribution in [0.15, 0.2) is 57.7 Å². The molecule has 3 heterocycles. The fourth-order valence-corrected chi connectivity index (χ4v) is 3.38. The van der Waals surface area contributed by atoms with Crippen molar-refractivity contribution < 1.29 is 8.94 Å². The first-order valence-corrected chi connectivity index (χ1v) is 8.38. The van der Waals surface area contributed by atoms with Gasteiger partial charge in [-0.1, -0.05) is 35.0 Å². The fourth-order valence-electron chi connectivity index (χ4n) is 3.12. The third-order valence-electron chi connectivity index (χ3n) is 4.31. The first-order chi connectivity index (χ1) is 11.8. The van der Waals surface area contributed by atoms with E-state index in [0.717, 1.165) is 35.9 Å². The first-order valence-electron chi connectivity index (χ1n) is 8.00. The average molecular weight is 344 g/mol. The average Bonchev–Trinajstić information content (AvgIpc) is 3.27. The molecule has 4 rings (SSSR count). The van der Waals surface area contributed by atoms with Gasteiger partial charge < -0.3 is 14.3 Å². The predicted molar refractivity (Wildman–Crippen MR) is 91.7 cm³/mol. The highest BCUT2D eigenvalue weighted by Gasteiger charge is 2.26. The number of aromatic nitrogens is 1. The van der Waals surface area contributed by atoms with Gasteiger partial charge in [0.25, 0.3) is 0 Å². The number of hydrogen-bond acceptors (Lipinski definition) is 5. The fraction of sp³-hybridized carbons (Fsp3) is 0.278.